The number of nitro groups is 1. The highest BCUT2D eigenvalue weighted by Gasteiger charge is 2.16. The Bertz CT molecular complexity index is 444. The molecule has 0 aliphatic rings. The molecule has 0 aliphatic heterocycles. The van der Waals surface area contributed by atoms with Crippen molar-refractivity contribution in [2.24, 2.45) is 0 Å². The van der Waals surface area contributed by atoms with E-state index in [1.165, 1.54) is 24.3 Å². The highest BCUT2D eigenvalue weighted by molar-refractivity contribution is 5.80. The van der Waals surface area contributed by atoms with Gasteiger partial charge in [0.15, 0.2) is 6.10 Å². The van der Waals surface area contributed by atoms with E-state index in [4.69, 9.17) is 4.74 Å². The van der Waals surface area contributed by atoms with E-state index in [0.29, 0.717) is 5.75 Å². The number of benzene rings is 1. The Morgan fingerprint density at radius 1 is 1.37 bits per heavy atom. The zero-order valence-electron chi connectivity index (χ0n) is 11.3. The van der Waals surface area contributed by atoms with Crippen LogP contribution in [0.4, 0.5) is 5.69 Å². The minimum Gasteiger partial charge on any atom is -0.481 e. The van der Waals surface area contributed by atoms with E-state index >= 15 is 0 Å². The van der Waals surface area contributed by atoms with Crippen LogP contribution in [0.5, 0.6) is 5.75 Å². The number of carbonyl (C=O) groups excluding carboxylic acids is 1. The molecule has 0 spiro atoms. The number of non-ortho nitro benzene ring substituents is 1. The SMILES string of the molecule is CCC(C)NC(=O)C(C)Oc1ccc([N+](=O)[O-])cc1. The summed E-state index contributed by atoms with van der Waals surface area (Å²) in [5.74, 6) is 0.227. The van der Waals surface area contributed by atoms with Gasteiger partial charge in [0.05, 0.1) is 4.92 Å². The minimum absolute atomic E-state index is 0.0101. The number of hydrogen-bond acceptors (Lipinski definition) is 4. The second-order valence-corrected chi connectivity index (χ2v) is 4.33. The van der Waals surface area contributed by atoms with Gasteiger partial charge in [-0.05, 0) is 32.4 Å². The zero-order valence-corrected chi connectivity index (χ0v) is 11.3. The normalized spacial score (nSPS) is 13.4. The van der Waals surface area contributed by atoms with Crippen molar-refractivity contribution in [1.82, 2.24) is 5.32 Å². The van der Waals surface area contributed by atoms with Crippen molar-refractivity contribution >= 4 is 11.6 Å². The summed E-state index contributed by atoms with van der Waals surface area (Å²) in [6, 6.07) is 5.73. The van der Waals surface area contributed by atoms with Crippen molar-refractivity contribution in [1.29, 1.82) is 0 Å². The maximum atomic E-state index is 11.7. The molecule has 1 aromatic rings. The molecule has 1 amide bonds. The van der Waals surface area contributed by atoms with Crippen LogP contribution in [0.2, 0.25) is 0 Å². The number of hydrogen-bond donors (Lipinski definition) is 1. The summed E-state index contributed by atoms with van der Waals surface area (Å²) in [7, 11) is 0. The summed E-state index contributed by atoms with van der Waals surface area (Å²) in [4.78, 5) is 21.8. The molecular formula is C13H18N2O4. The third-order valence-corrected chi connectivity index (χ3v) is 2.73. The van der Waals surface area contributed by atoms with Gasteiger partial charge < -0.3 is 10.1 Å². The van der Waals surface area contributed by atoms with Gasteiger partial charge in [0.25, 0.3) is 11.6 Å². The van der Waals surface area contributed by atoms with E-state index in [1.807, 2.05) is 13.8 Å². The fourth-order valence-electron chi connectivity index (χ4n) is 1.37. The van der Waals surface area contributed by atoms with Crippen LogP contribution >= 0.6 is 0 Å². The van der Waals surface area contributed by atoms with Gasteiger partial charge in [0.2, 0.25) is 0 Å². The van der Waals surface area contributed by atoms with Crippen molar-refractivity contribution in [2.75, 3.05) is 0 Å². The number of amides is 1. The molecule has 0 aliphatic carbocycles. The maximum absolute atomic E-state index is 11.7. The topological polar surface area (TPSA) is 81.5 Å². The Labute approximate surface area is 111 Å². The van der Waals surface area contributed by atoms with Gasteiger partial charge >= 0.3 is 0 Å². The first-order valence-corrected chi connectivity index (χ1v) is 6.15. The summed E-state index contributed by atoms with van der Waals surface area (Å²) < 4.78 is 5.42. The molecule has 0 radical (unpaired) electrons. The quantitative estimate of drug-likeness (QED) is 0.632. The van der Waals surface area contributed by atoms with Crippen molar-refractivity contribution < 1.29 is 14.5 Å². The molecule has 0 bridgehead atoms. The van der Waals surface area contributed by atoms with Gasteiger partial charge in [-0.15, -0.1) is 0 Å². The fraction of sp³-hybridized carbons (Fsp3) is 0.462. The fourth-order valence-corrected chi connectivity index (χ4v) is 1.37. The van der Waals surface area contributed by atoms with Crippen LogP contribution < -0.4 is 10.1 Å². The number of carbonyl (C=O) groups is 1. The minimum atomic E-state index is -0.643. The van der Waals surface area contributed by atoms with Gasteiger partial charge in [0, 0.05) is 18.2 Å². The van der Waals surface area contributed by atoms with Gasteiger partial charge in [0.1, 0.15) is 5.75 Å². The molecule has 0 heterocycles. The summed E-state index contributed by atoms with van der Waals surface area (Å²) in [5.41, 5.74) is -0.0101. The molecule has 19 heavy (non-hydrogen) atoms. The van der Waals surface area contributed by atoms with Crippen LogP contribution in [-0.2, 0) is 4.79 Å². The van der Waals surface area contributed by atoms with E-state index in [9.17, 15) is 14.9 Å². The molecule has 1 N–H and O–H groups in total. The Morgan fingerprint density at radius 2 is 1.95 bits per heavy atom. The largest absolute Gasteiger partial charge is 0.481 e. The van der Waals surface area contributed by atoms with Crippen molar-refractivity contribution in [3.8, 4) is 5.75 Å². The molecule has 2 atom stereocenters. The van der Waals surface area contributed by atoms with Crippen LogP contribution in [0, 0.1) is 10.1 Å². The number of ether oxygens (including phenoxy) is 1. The third-order valence-electron chi connectivity index (χ3n) is 2.73. The maximum Gasteiger partial charge on any atom is 0.269 e. The van der Waals surface area contributed by atoms with Crippen LogP contribution in [0.1, 0.15) is 27.2 Å². The average Bonchev–Trinajstić information content (AvgIpc) is 2.38. The van der Waals surface area contributed by atoms with E-state index in [2.05, 4.69) is 5.32 Å². The zero-order chi connectivity index (χ0) is 14.4. The van der Waals surface area contributed by atoms with Gasteiger partial charge in [-0.2, -0.15) is 0 Å². The summed E-state index contributed by atoms with van der Waals surface area (Å²) in [6.45, 7) is 5.53. The Kier molecular flexibility index (Phi) is 5.29. The molecule has 0 saturated carbocycles. The Morgan fingerprint density at radius 3 is 2.42 bits per heavy atom. The van der Waals surface area contributed by atoms with Crippen molar-refractivity contribution in [3.05, 3.63) is 34.4 Å². The van der Waals surface area contributed by atoms with Crippen molar-refractivity contribution in [3.63, 3.8) is 0 Å². The van der Waals surface area contributed by atoms with Crippen LogP contribution in [0.25, 0.3) is 0 Å². The first-order chi connectivity index (χ1) is 8.93. The molecule has 1 rings (SSSR count). The van der Waals surface area contributed by atoms with E-state index < -0.39 is 11.0 Å². The third kappa shape index (κ3) is 4.57. The molecule has 2 unspecified atom stereocenters. The first kappa shape index (κ1) is 14.9. The second kappa shape index (κ2) is 6.72. The van der Waals surface area contributed by atoms with Gasteiger partial charge in [-0.1, -0.05) is 6.92 Å². The van der Waals surface area contributed by atoms with Crippen LogP contribution in [-0.4, -0.2) is 23.0 Å². The second-order valence-electron chi connectivity index (χ2n) is 4.33. The lowest BCUT2D eigenvalue weighted by Gasteiger charge is -2.17. The number of nitro benzene ring substituents is 1. The molecule has 0 saturated heterocycles. The predicted octanol–water partition coefficient (Wildman–Crippen LogP) is 2.28. The lowest BCUT2D eigenvalue weighted by molar-refractivity contribution is -0.384. The summed E-state index contributed by atoms with van der Waals surface area (Å²) >= 11 is 0. The first-order valence-electron chi connectivity index (χ1n) is 6.15. The highest BCUT2D eigenvalue weighted by atomic mass is 16.6. The Hall–Kier alpha value is -2.11. The summed E-state index contributed by atoms with van der Waals surface area (Å²) in [5, 5.41) is 13.3. The highest BCUT2D eigenvalue weighted by Crippen LogP contribution is 2.18. The number of nitrogens with one attached hydrogen (secondary N) is 1. The molecule has 6 heteroatoms. The van der Waals surface area contributed by atoms with E-state index in [0.717, 1.165) is 6.42 Å². The van der Waals surface area contributed by atoms with Crippen LogP contribution in [0.3, 0.4) is 0 Å². The molecule has 6 nitrogen and oxygen atoms in total. The molecule has 104 valence electrons. The van der Waals surface area contributed by atoms with E-state index in [-0.39, 0.29) is 17.6 Å². The monoisotopic (exact) mass is 266 g/mol. The average molecular weight is 266 g/mol. The number of rotatable bonds is 6. The Balaban J connectivity index is 2.58. The standard InChI is InChI=1S/C13H18N2O4/c1-4-9(2)14-13(16)10(3)19-12-7-5-11(6-8-12)15(17)18/h5-10H,4H2,1-3H3,(H,14,16). The van der Waals surface area contributed by atoms with E-state index in [1.54, 1.807) is 6.92 Å². The lowest BCUT2D eigenvalue weighted by Crippen LogP contribution is -2.40. The summed E-state index contributed by atoms with van der Waals surface area (Å²) in [6.07, 6.45) is 0.200. The molecule has 1 aromatic carbocycles. The predicted molar refractivity (Wildman–Crippen MR) is 71.1 cm³/mol. The number of nitrogens with zero attached hydrogens (tertiary/aromatic N) is 1. The smallest absolute Gasteiger partial charge is 0.269 e. The lowest BCUT2D eigenvalue weighted by atomic mass is 10.2. The molecule has 0 aromatic heterocycles. The van der Waals surface area contributed by atoms with Gasteiger partial charge in [-0.3, -0.25) is 14.9 Å². The molecular weight excluding hydrogens is 248 g/mol. The van der Waals surface area contributed by atoms with Crippen molar-refractivity contribution in [2.45, 2.75) is 39.3 Å². The van der Waals surface area contributed by atoms with Gasteiger partial charge in [-0.25, -0.2) is 0 Å². The molecule has 0 fully saturated rings. The van der Waals surface area contributed by atoms with Crippen LogP contribution in [0.15, 0.2) is 24.3 Å².